The molecule has 2 rings (SSSR count). The van der Waals surface area contributed by atoms with Gasteiger partial charge < -0.3 is 9.47 Å². The van der Waals surface area contributed by atoms with E-state index in [4.69, 9.17) is 9.47 Å². The summed E-state index contributed by atoms with van der Waals surface area (Å²) in [7, 11) is -0.428. The van der Waals surface area contributed by atoms with Crippen LogP contribution in [-0.4, -0.2) is 41.4 Å². The zero-order chi connectivity index (χ0) is 16.2. The van der Waals surface area contributed by atoms with Crippen LogP contribution in [0, 0.1) is 0 Å². The zero-order valence-corrected chi connectivity index (χ0v) is 14.3. The number of nitrogens with one attached hydrogen (secondary N) is 1. The summed E-state index contributed by atoms with van der Waals surface area (Å²) in [4.78, 5) is 0.323. The molecule has 0 aliphatic heterocycles. The highest BCUT2D eigenvalue weighted by Crippen LogP contribution is 2.24. The highest BCUT2D eigenvalue weighted by Gasteiger charge is 2.27. The van der Waals surface area contributed by atoms with Gasteiger partial charge in [0, 0.05) is 20.8 Å². The molecular weight excluding hydrogens is 302 g/mol. The van der Waals surface area contributed by atoms with Crippen molar-refractivity contribution in [3.8, 4) is 0 Å². The van der Waals surface area contributed by atoms with Crippen LogP contribution in [0.2, 0.25) is 0 Å². The Morgan fingerprint density at radius 2 is 1.86 bits per heavy atom. The predicted octanol–water partition coefficient (Wildman–Crippen LogP) is 1.90. The van der Waals surface area contributed by atoms with E-state index in [2.05, 4.69) is 4.72 Å². The molecule has 0 heterocycles. The molecule has 1 unspecified atom stereocenters. The van der Waals surface area contributed by atoms with Gasteiger partial charge in [-0.1, -0.05) is 6.07 Å². The summed E-state index contributed by atoms with van der Waals surface area (Å²) in [5.74, 6) is 0. The van der Waals surface area contributed by atoms with E-state index in [1.165, 1.54) is 12.0 Å². The number of hydrogen-bond donors (Lipinski definition) is 1. The molecule has 0 spiro atoms. The van der Waals surface area contributed by atoms with Crippen molar-refractivity contribution in [2.24, 2.45) is 0 Å². The Hall–Kier alpha value is -0.950. The maximum Gasteiger partial charge on any atom is 0.240 e. The minimum absolute atomic E-state index is 0.163. The van der Waals surface area contributed by atoms with Gasteiger partial charge in [-0.3, -0.25) is 0 Å². The number of sulfonamides is 1. The number of aryl methyl sites for hydroxylation is 2. The lowest BCUT2D eigenvalue weighted by molar-refractivity contribution is -0.0460. The van der Waals surface area contributed by atoms with Crippen LogP contribution >= 0.6 is 0 Å². The SMILES string of the molecule is COCC(C)(CNS(=O)(=O)c1ccc2c(c1)CCCC2)OC. The first-order valence-electron chi connectivity index (χ1n) is 7.56. The fraction of sp³-hybridized carbons (Fsp3) is 0.625. The van der Waals surface area contributed by atoms with E-state index in [1.807, 2.05) is 13.0 Å². The third kappa shape index (κ3) is 4.07. The third-order valence-corrected chi connectivity index (χ3v) is 5.61. The van der Waals surface area contributed by atoms with E-state index >= 15 is 0 Å². The molecule has 22 heavy (non-hydrogen) atoms. The Balaban J connectivity index is 2.13. The fourth-order valence-corrected chi connectivity index (χ4v) is 3.90. The second-order valence-electron chi connectivity index (χ2n) is 6.05. The van der Waals surface area contributed by atoms with Gasteiger partial charge in [-0.2, -0.15) is 0 Å². The van der Waals surface area contributed by atoms with E-state index in [1.54, 1.807) is 26.4 Å². The standard InChI is InChI=1S/C16H25NO4S/c1-16(21-3,12-20-2)11-17-22(18,19)15-9-8-13-6-4-5-7-14(13)10-15/h8-10,17H,4-7,11-12H2,1-3H3. The first-order chi connectivity index (χ1) is 10.4. The Morgan fingerprint density at radius 3 is 2.50 bits per heavy atom. The maximum atomic E-state index is 12.5. The molecule has 5 nitrogen and oxygen atoms in total. The minimum Gasteiger partial charge on any atom is -0.382 e. The van der Waals surface area contributed by atoms with Gasteiger partial charge in [0.2, 0.25) is 10.0 Å². The summed E-state index contributed by atoms with van der Waals surface area (Å²) in [6.45, 7) is 2.29. The van der Waals surface area contributed by atoms with E-state index in [0.717, 1.165) is 24.8 Å². The largest absolute Gasteiger partial charge is 0.382 e. The van der Waals surface area contributed by atoms with Crippen LogP contribution in [0.15, 0.2) is 23.1 Å². The lowest BCUT2D eigenvalue weighted by atomic mass is 9.92. The molecule has 0 saturated heterocycles. The Bertz CT molecular complexity index is 615. The van der Waals surface area contributed by atoms with Crippen LogP contribution < -0.4 is 4.72 Å². The molecule has 6 heteroatoms. The second-order valence-corrected chi connectivity index (χ2v) is 7.82. The molecule has 0 fully saturated rings. The molecule has 1 aromatic rings. The molecule has 1 aliphatic rings. The Labute approximate surface area is 133 Å². The Morgan fingerprint density at radius 1 is 1.18 bits per heavy atom. The molecule has 0 amide bonds. The minimum atomic E-state index is -3.54. The smallest absolute Gasteiger partial charge is 0.240 e. The monoisotopic (exact) mass is 327 g/mol. The summed E-state index contributed by atoms with van der Waals surface area (Å²) >= 11 is 0. The van der Waals surface area contributed by atoms with Gasteiger partial charge in [0.15, 0.2) is 0 Å². The van der Waals surface area contributed by atoms with Crippen LogP contribution in [0.25, 0.3) is 0 Å². The quantitative estimate of drug-likeness (QED) is 0.831. The number of ether oxygens (including phenoxy) is 2. The highest BCUT2D eigenvalue weighted by atomic mass is 32.2. The molecule has 0 aromatic heterocycles. The molecule has 124 valence electrons. The average Bonchev–Trinajstić information content (AvgIpc) is 2.53. The summed E-state index contributed by atoms with van der Waals surface area (Å²) in [5, 5.41) is 0. The van der Waals surface area contributed by atoms with E-state index in [-0.39, 0.29) is 6.54 Å². The van der Waals surface area contributed by atoms with Gasteiger partial charge in [-0.25, -0.2) is 13.1 Å². The van der Waals surface area contributed by atoms with Gasteiger partial charge >= 0.3 is 0 Å². The first kappa shape index (κ1) is 17.4. The van der Waals surface area contributed by atoms with Crippen LogP contribution in [0.4, 0.5) is 0 Å². The van der Waals surface area contributed by atoms with Crippen LogP contribution in [-0.2, 0) is 32.3 Å². The number of benzene rings is 1. The summed E-state index contributed by atoms with van der Waals surface area (Å²) in [6.07, 6.45) is 4.30. The normalized spacial score (nSPS) is 17.8. The van der Waals surface area contributed by atoms with Gasteiger partial charge in [-0.05, 0) is 55.9 Å². The summed E-state index contributed by atoms with van der Waals surface area (Å²) in [5.41, 5.74) is 1.74. The van der Waals surface area contributed by atoms with Crippen molar-refractivity contribution in [1.29, 1.82) is 0 Å². The van der Waals surface area contributed by atoms with Crippen LogP contribution in [0.5, 0.6) is 0 Å². The van der Waals surface area contributed by atoms with Gasteiger partial charge in [0.1, 0.15) is 5.60 Å². The number of rotatable bonds is 7. The third-order valence-electron chi connectivity index (χ3n) is 4.21. The van der Waals surface area contributed by atoms with E-state index in [0.29, 0.717) is 11.5 Å². The lowest BCUT2D eigenvalue weighted by Crippen LogP contribution is -2.45. The van der Waals surface area contributed by atoms with E-state index in [9.17, 15) is 8.42 Å². The number of fused-ring (bicyclic) bond motifs is 1. The van der Waals surface area contributed by atoms with E-state index < -0.39 is 15.6 Å². The topological polar surface area (TPSA) is 64.6 Å². The van der Waals surface area contributed by atoms with Crippen molar-refractivity contribution in [2.75, 3.05) is 27.4 Å². The molecule has 1 N–H and O–H groups in total. The maximum absolute atomic E-state index is 12.5. The molecule has 1 aliphatic carbocycles. The second kappa shape index (κ2) is 7.08. The van der Waals surface area contributed by atoms with Crippen molar-refractivity contribution in [3.63, 3.8) is 0 Å². The highest BCUT2D eigenvalue weighted by molar-refractivity contribution is 7.89. The van der Waals surface area contributed by atoms with Crippen LogP contribution in [0.3, 0.4) is 0 Å². The van der Waals surface area contributed by atoms with Crippen molar-refractivity contribution in [3.05, 3.63) is 29.3 Å². The number of methoxy groups -OCH3 is 2. The molecule has 0 saturated carbocycles. The molecule has 1 atom stereocenters. The average molecular weight is 327 g/mol. The number of hydrogen-bond acceptors (Lipinski definition) is 4. The molecule has 0 radical (unpaired) electrons. The van der Waals surface area contributed by atoms with Crippen molar-refractivity contribution >= 4 is 10.0 Å². The van der Waals surface area contributed by atoms with Crippen molar-refractivity contribution in [1.82, 2.24) is 4.72 Å². The summed E-state index contributed by atoms with van der Waals surface area (Å²) in [6, 6.07) is 5.43. The predicted molar refractivity (Wildman–Crippen MR) is 85.6 cm³/mol. The van der Waals surface area contributed by atoms with Gasteiger partial charge in [-0.15, -0.1) is 0 Å². The first-order valence-corrected chi connectivity index (χ1v) is 9.04. The Kier molecular flexibility index (Phi) is 5.60. The summed E-state index contributed by atoms with van der Waals surface area (Å²) < 4.78 is 38.0. The molecular formula is C16H25NO4S. The van der Waals surface area contributed by atoms with Gasteiger partial charge in [0.25, 0.3) is 0 Å². The zero-order valence-electron chi connectivity index (χ0n) is 13.5. The van der Waals surface area contributed by atoms with Crippen molar-refractivity contribution < 1.29 is 17.9 Å². The molecule has 0 bridgehead atoms. The molecule has 1 aromatic carbocycles. The fourth-order valence-electron chi connectivity index (χ4n) is 2.70. The lowest BCUT2D eigenvalue weighted by Gasteiger charge is -2.27. The van der Waals surface area contributed by atoms with Crippen LogP contribution in [0.1, 0.15) is 30.9 Å². The van der Waals surface area contributed by atoms with Gasteiger partial charge in [0.05, 0.1) is 11.5 Å². The van der Waals surface area contributed by atoms with Crippen molar-refractivity contribution in [2.45, 2.75) is 43.1 Å².